The number of carbonyl (C=O) groups excluding carboxylic acids is 1. The number of carbonyl (C=O) groups is 1. The molecule has 0 amide bonds. The van der Waals surface area contributed by atoms with Crippen LogP contribution in [0.4, 0.5) is 0 Å². The summed E-state index contributed by atoms with van der Waals surface area (Å²) in [6, 6.07) is 0. The Labute approximate surface area is 59.4 Å². The Balaban J connectivity index is 4.03. The van der Waals surface area contributed by atoms with Gasteiger partial charge in [-0.3, -0.25) is 4.79 Å². The van der Waals surface area contributed by atoms with Crippen LogP contribution in [0.25, 0.3) is 0 Å². The van der Waals surface area contributed by atoms with Crippen molar-refractivity contribution in [3.8, 4) is 0 Å². The summed E-state index contributed by atoms with van der Waals surface area (Å²) in [7, 11) is -1.09. The van der Waals surface area contributed by atoms with Crippen LogP contribution in [0, 0.1) is 0 Å². The lowest BCUT2D eigenvalue weighted by Crippen LogP contribution is -2.27. The van der Waals surface area contributed by atoms with Crippen molar-refractivity contribution in [2.24, 2.45) is 0 Å². The van der Waals surface area contributed by atoms with Crippen LogP contribution < -0.4 is 4.72 Å². The van der Waals surface area contributed by atoms with Gasteiger partial charge in [0.1, 0.15) is 0 Å². The first-order valence-corrected chi connectivity index (χ1v) is 4.15. The largest absolute Gasteiger partial charge is 0.468 e. The zero-order chi connectivity index (χ0) is 8.20. The van der Waals surface area contributed by atoms with Crippen LogP contribution in [0.2, 0.25) is 0 Å². The maximum Gasteiger partial charge on any atom is 0.322 e. The number of ether oxygens (including phenoxy) is 1. The first kappa shape index (κ1) is 9.38. The Kier molecular flexibility index (Phi) is 3.31. The smallest absolute Gasteiger partial charge is 0.322 e. The molecule has 0 radical (unpaired) electrons. The molecule has 0 unspecified atom stereocenters. The minimum absolute atomic E-state index is 0.625. The lowest BCUT2D eigenvalue weighted by molar-refractivity contribution is -0.137. The number of hydrogen-bond donors (Lipinski definition) is 1. The summed E-state index contributed by atoms with van der Waals surface area (Å²) >= 11 is 0. The van der Waals surface area contributed by atoms with E-state index in [2.05, 4.69) is 4.74 Å². The predicted molar refractivity (Wildman–Crippen MR) is 34.9 cm³/mol. The number of rotatable bonds is 3. The second kappa shape index (κ2) is 3.52. The van der Waals surface area contributed by atoms with Crippen molar-refractivity contribution >= 4 is 16.0 Å². The third-order valence-corrected chi connectivity index (χ3v) is 2.08. The van der Waals surface area contributed by atoms with E-state index in [-0.39, 0.29) is 0 Å². The zero-order valence-corrected chi connectivity index (χ0v) is 6.56. The van der Waals surface area contributed by atoms with E-state index in [1.807, 2.05) is 4.72 Å². The molecule has 0 aliphatic heterocycles. The summed E-state index contributed by atoms with van der Waals surface area (Å²) < 4.78 is 27.2. The van der Waals surface area contributed by atoms with E-state index in [4.69, 9.17) is 0 Å². The normalized spacial score (nSPS) is 11.0. The SMILES string of the molecule is CNS(=O)(=O)CC(=O)OC. The molecular weight excluding hydrogens is 158 g/mol. The molecule has 10 heavy (non-hydrogen) atoms. The average Bonchev–Trinajstić information content (AvgIpc) is 1.87. The van der Waals surface area contributed by atoms with E-state index in [1.165, 1.54) is 7.05 Å². The zero-order valence-electron chi connectivity index (χ0n) is 5.75. The molecule has 6 heteroatoms. The number of hydrogen-bond acceptors (Lipinski definition) is 4. The van der Waals surface area contributed by atoms with Crippen molar-refractivity contribution in [1.29, 1.82) is 0 Å². The Bertz CT molecular complexity index is 207. The molecule has 0 aromatic rings. The monoisotopic (exact) mass is 167 g/mol. The number of nitrogens with one attached hydrogen (secondary N) is 1. The van der Waals surface area contributed by atoms with E-state index in [0.29, 0.717) is 0 Å². The topological polar surface area (TPSA) is 72.5 Å². The molecule has 0 saturated carbocycles. The molecule has 1 N–H and O–H groups in total. The maximum atomic E-state index is 10.6. The highest BCUT2D eigenvalue weighted by Gasteiger charge is 2.13. The van der Waals surface area contributed by atoms with Crippen molar-refractivity contribution in [2.75, 3.05) is 19.9 Å². The van der Waals surface area contributed by atoms with E-state index < -0.39 is 21.7 Å². The van der Waals surface area contributed by atoms with Crippen LogP contribution in [-0.2, 0) is 19.6 Å². The summed E-state index contributed by atoms with van der Waals surface area (Å²) in [6.07, 6.45) is 0. The molecule has 0 fully saturated rings. The molecule has 0 bridgehead atoms. The quantitative estimate of drug-likeness (QED) is 0.531. The third kappa shape index (κ3) is 3.41. The fourth-order valence-electron chi connectivity index (χ4n) is 0.286. The van der Waals surface area contributed by atoms with Crippen LogP contribution in [0.3, 0.4) is 0 Å². The minimum atomic E-state index is -3.46. The second-order valence-electron chi connectivity index (χ2n) is 1.54. The van der Waals surface area contributed by atoms with E-state index in [1.54, 1.807) is 0 Å². The Morgan fingerprint density at radius 3 is 2.40 bits per heavy atom. The standard InChI is InChI=1S/C4H9NO4S/c1-5-10(7,8)3-4(6)9-2/h5H,3H2,1-2H3. The maximum absolute atomic E-state index is 10.6. The molecule has 0 spiro atoms. The molecule has 0 aliphatic carbocycles. The molecule has 0 heterocycles. The van der Waals surface area contributed by atoms with Crippen LogP contribution in [0.1, 0.15) is 0 Å². The lowest BCUT2D eigenvalue weighted by Gasteiger charge is -1.98. The summed E-state index contributed by atoms with van der Waals surface area (Å²) in [5.41, 5.74) is 0. The fourth-order valence-corrected chi connectivity index (χ4v) is 0.859. The third-order valence-electron chi connectivity index (χ3n) is 0.847. The van der Waals surface area contributed by atoms with Crippen molar-refractivity contribution < 1.29 is 17.9 Å². The Hall–Kier alpha value is -0.620. The van der Waals surface area contributed by atoms with Crippen LogP contribution >= 0.6 is 0 Å². The Morgan fingerprint density at radius 2 is 2.10 bits per heavy atom. The van der Waals surface area contributed by atoms with Crippen LogP contribution in [-0.4, -0.2) is 34.3 Å². The van der Waals surface area contributed by atoms with Gasteiger partial charge in [-0.05, 0) is 7.05 Å². The van der Waals surface area contributed by atoms with E-state index in [9.17, 15) is 13.2 Å². The van der Waals surface area contributed by atoms with Crippen molar-refractivity contribution in [3.05, 3.63) is 0 Å². The molecule has 0 aromatic carbocycles. The predicted octanol–water partition coefficient (Wildman–Crippen LogP) is -1.29. The van der Waals surface area contributed by atoms with Gasteiger partial charge in [0.2, 0.25) is 10.0 Å². The van der Waals surface area contributed by atoms with Gasteiger partial charge in [0.15, 0.2) is 5.75 Å². The van der Waals surface area contributed by atoms with Crippen molar-refractivity contribution in [1.82, 2.24) is 4.72 Å². The molecule has 0 atom stereocenters. The molecule has 0 rings (SSSR count). The number of methoxy groups -OCH3 is 1. The van der Waals surface area contributed by atoms with Gasteiger partial charge < -0.3 is 4.74 Å². The van der Waals surface area contributed by atoms with Crippen LogP contribution in [0.15, 0.2) is 0 Å². The Morgan fingerprint density at radius 1 is 1.60 bits per heavy atom. The van der Waals surface area contributed by atoms with Gasteiger partial charge in [-0.2, -0.15) is 0 Å². The van der Waals surface area contributed by atoms with Gasteiger partial charge in [-0.25, -0.2) is 13.1 Å². The van der Waals surface area contributed by atoms with Gasteiger partial charge >= 0.3 is 5.97 Å². The van der Waals surface area contributed by atoms with Crippen molar-refractivity contribution in [2.45, 2.75) is 0 Å². The lowest BCUT2D eigenvalue weighted by atomic mass is 10.8. The highest BCUT2D eigenvalue weighted by atomic mass is 32.2. The number of sulfonamides is 1. The van der Waals surface area contributed by atoms with Gasteiger partial charge in [0.05, 0.1) is 7.11 Å². The van der Waals surface area contributed by atoms with Gasteiger partial charge in [0, 0.05) is 0 Å². The summed E-state index contributed by atoms with van der Waals surface area (Å²) in [5, 5.41) is 0. The molecular formula is C4H9NO4S. The minimum Gasteiger partial charge on any atom is -0.468 e. The fraction of sp³-hybridized carbons (Fsp3) is 0.750. The molecule has 5 nitrogen and oxygen atoms in total. The van der Waals surface area contributed by atoms with Crippen molar-refractivity contribution in [3.63, 3.8) is 0 Å². The highest BCUT2D eigenvalue weighted by Crippen LogP contribution is 1.83. The summed E-state index contributed by atoms with van der Waals surface area (Å²) in [4.78, 5) is 10.3. The highest BCUT2D eigenvalue weighted by molar-refractivity contribution is 7.90. The molecule has 0 aliphatic rings. The van der Waals surface area contributed by atoms with Gasteiger partial charge in [0.25, 0.3) is 0 Å². The van der Waals surface area contributed by atoms with Crippen LogP contribution in [0.5, 0.6) is 0 Å². The molecule has 0 saturated heterocycles. The van der Waals surface area contributed by atoms with E-state index in [0.717, 1.165) is 7.11 Å². The van der Waals surface area contributed by atoms with E-state index >= 15 is 0 Å². The second-order valence-corrected chi connectivity index (χ2v) is 3.47. The summed E-state index contributed by atoms with van der Waals surface area (Å²) in [5.74, 6) is -1.39. The van der Waals surface area contributed by atoms with Gasteiger partial charge in [-0.15, -0.1) is 0 Å². The average molecular weight is 167 g/mol. The molecule has 60 valence electrons. The molecule has 0 aromatic heterocycles. The van der Waals surface area contributed by atoms with Gasteiger partial charge in [-0.1, -0.05) is 0 Å². The number of esters is 1. The first-order chi connectivity index (χ1) is 4.52. The summed E-state index contributed by atoms with van der Waals surface area (Å²) in [6.45, 7) is 0. The first-order valence-electron chi connectivity index (χ1n) is 2.50.